The molecule has 1 aliphatic carbocycles. The smallest absolute Gasteiger partial charge is 0.326 e. The molecule has 4 rings (SSSR count). The lowest BCUT2D eigenvalue weighted by Gasteiger charge is -2.15. The van der Waals surface area contributed by atoms with E-state index in [0.717, 1.165) is 50.7 Å². The third-order valence-corrected chi connectivity index (χ3v) is 5.80. The first kappa shape index (κ1) is 19.4. The molecule has 0 radical (unpaired) electrons. The van der Waals surface area contributed by atoms with E-state index in [2.05, 4.69) is 10.2 Å². The molecule has 1 unspecified atom stereocenters. The highest BCUT2D eigenvalue weighted by Crippen LogP contribution is 2.41. The van der Waals surface area contributed by atoms with Gasteiger partial charge in [-0.1, -0.05) is 36.4 Å². The Labute approximate surface area is 163 Å². The average molecular weight is 389 g/mol. The first-order valence-electron chi connectivity index (χ1n) is 9.89. The molecule has 1 saturated carbocycles. The van der Waals surface area contributed by atoms with Crippen LogP contribution >= 0.6 is 0 Å². The van der Waals surface area contributed by atoms with Crippen LogP contribution in [-0.4, -0.2) is 43.2 Å². The summed E-state index contributed by atoms with van der Waals surface area (Å²) in [5, 5.41) is 3.61. The number of nitrogens with two attached hydrogens (primary N) is 1. The fourth-order valence-electron chi connectivity index (χ4n) is 4.06. The first-order valence-corrected chi connectivity index (χ1v) is 9.89. The van der Waals surface area contributed by atoms with Gasteiger partial charge in [0.2, 0.25) is 0 Å². The minimum Gasteiger partial charge on any atom is -0.326 e. The van der Waals surface area contributed by atoms with E-state index in [9.17, 15) is 13.2 Å². The van der Waals surface area contributed by atoms with E-state index in [1.54, 1.807) is 6.07 Å². The molecule has 150 valence electrons. The predicted molar refractivity (Wildman–Crippen MR) is 105 cm³/mol. The molecule has 3 N–H and O–H groups in total. The largest absolute Gasteiger partial charge is 0.416 e. The number of nitrogens with zero attached hydrogens (tertiary/aromatic N) is 1. The number of nitrogens with one attached hydrogen (secondary N) is 1. The molecule has 3 atom stereocenters. The normalized spacial score (nSPS) is 25.2. The standard InChI is InChI=1S/C22H26F3N3/c23-22(24,25)18-3-1-2-17(12-18)15-4-6-16(7-5-15)20-13-21(20)27-9-11-28-10-8-19(26)14-28/h1-7,12,19-21,27H,8-11,13-14,26H2/t19-,20?,21-/m0/s1. The molecular weight excluding hydrogens is 363 g/mol. The molecular formula is C22H26F3N3. The maximum atomic E-state index is 12.9. The van der Waals surface area contributed by atoms with Crippen LogP contribution in [-0.2, 0) is 6.18 Å². The number of likely N-dealkylation sites (tertiary alicyclic amines) is 1. The van der Waals surface area contributed by atoms with Crippen molar-refractivity contribution in [3.8, 4) is 11.1 Å². The van der Waals surface area contributed by atoms with Gasteiger partial charge in [0.25, 0.3) is 0 Å². The summed E-state index contributed by atoms with van der Waals surface area (Å²) in [4.78, 5) is 2.40. The lowest BCUT2D eigenvalue weighted by molar-refractivity contribution is -0.137. The monoisotopic (exact) mass is 389 g/mol. The molecule has 2 aromatic carbocycles. The Balaban J connectivity index is 1.31. The molecule has 2 fully saturated rings. The van der Waals surface area contributed by atoms with Crippen LogP contribution in [0.15, 0.2) is 48.5 Å². The number of hydrogen-bond acceptors (Lipinski definition) is 3. The summed E-state index contributed by atoms with van der Waals surface area (Å²) in [6.07, 6.45) is -2.12. The van der Waals surface area contributed by atoms with Crippen LogP contribution in [0.4, 0.5) is 13.2 Å². The van der Waals surface area contributed by atoms with Crippen molar-refractivity contribution in [2.75, 3.05) is 26.2 Å². The zero-order valence-corrected chi connectivity index (χ0v) is 15.8. The van der Waals surface area contributed by atoms with E-state index in [1.807, 2.05) is 24.3 Å². The van der Waals surface area contributed by atoms with Crippen molar-refractivity contribution in [3.05, 3.63) is 59.7 Å². The van der Waals surface area contributed by atoms with Gasteiger partial charge in [0.1, 0.15) is 0 Å². The Morgan fingerprint density at radius 1 is 1.07 bits per heavy atom. The molecule has 0 spiro atoms. The first-order chi connectivity index (χ1) is 13.4. The van der Waals surface area contributed by atoms with Crippen molar-refractivity contribution in [3.63, 3.8) is 0 Å². The van der Waals surface area contributed by atoms with Gasteiger partial charge in [-0.15, -0.1) is 0 Å². The van der Waals surface area contributed by atoms with E-state index in [-0.39, 0.29) is 0 Å². The Bertz CT molecular complexity index is 803. The molecule has 1 heterocycles. The van der Waals surface area contributed by atoms with E-state index < -0.39 is 11.7 Å². The Morgan fingerprint density at radius 2 is 1.86 bits per heavy atom. The second kappa shape index (κ2) is 7.85. The maximum absolute atomic E-state index is 12.9. The second-order valence-electron chi connectivity index (χ2n) is 7.95. The highest BCUT2D eigenvalue weighted by atomic mass is 19.4. The quantitative estimate of drug-likeness (QED) is 0.789. The number of benzene rings is 2. The molecule has 0 amide bonds. The fraction of sp³-hybridized carbons (Fsp3) is 0.455. The highest BCUT2D eigenvalue weighted by molar-refractivity contribution is 5.65. The zero-order chi connectivity index (χ0) is 19.7. The molecule has 1 saturated heterocycles. The van der Waals surface area contributed by atoms with Gasteiger partial charge >= 0.3 is 6.18 Å². The number of rotatable bonds is 6. The molecule has 2 aromatic rings. The summed E-state index contributed by atoms with van der Waals surface area (Å²) in [7, 11) is 0. The van der Waals surface area contributed by atoms with Crippen LogP contribution in [0.1, 0.15) is 29.9 Å². The SMILES string of the molecule is N[C@H]1CCN(CCN[C@H]2CC2c2ccc(-c3cccc(C(F)(F)F)c3)cc2)C1. The molecule has 6 heteroatoms. The van der Waals surface area contributed by atoms with Crippen molar-refractivity contribution in [2.45, 2.75) is 37.0 Å². The molecule has 2 aliphatic rings. The van der Waals surface area contributed by atoms with Crippen molar-refractivity contribution in [1.82, 2.24) is 10.2 Å². The molecule has 0 bridgehead atoms. The van der Waals surface area contributed by atoms with Gasteiger partial charge in [-0.2, -0.15) is 13.2 Å². The summed E-state index contributed by atoms with van der Waals surface area (Å²) in [6, 6.07) is 14.2. The minimum absolute atomic E-state index is 0.323. The van der Waals surface area contributed by atoms with E-state index in [0.29, 0.717) is 23.6 Å². The summed E-state index contributed by atoms with van der Waals surface area (Å²) >= 11 is 0. The lowest BCUT2D eigenvalue weighted by Crippen LogP contribution is -2.33. The summed E-state index contributed by atoms with van der Waals surface area (Å²) < 4.78 is 38.7. The van der Waals surface area contributed by atoms with Crippen molar-refractivity contribution < 1.29 is 13.2 Å². The maximum Gasteiger partial charge on any atom is 0.416 e. The Kier molecular flexibility index (Phi) is 5.45. The molecule has 3 nitrogen and oxygen atoms in total. The van der Waals surface area contributed by atoms with Gasteiger partial charge in [-0.05, 0) is 48.2 Å². The van der Waals surface area contributed by atoms with Crippen LogP contribution in [0.25, 0.3) is 11.1 Å². The number of halogens is 3. The van der Waals surface area contributed by atoms with Crippen molar-refractivity contribution >= 4 is 0 Å². The number of alkyl halides is 3. The van der Waals surface area contributed by atoms with Crippen LogP contribution in [0.3, 0.4) is 0 Å². The van der Waals surface area contributed by atoms with E-state index in [4.69, 9.17) is 5.73 Å². The highest BCUT2D eigenvalue weighted by Gasteiger charge is 2.37. The van der Waals surface area contributed by atoms with Crippen molar-refractivity contribution in [1.29, 1.82) is 0 Å². The molecule has 0 aromatic heterocycles. The third-order valence-electron chi connectivity index (χ3n) is 5.80. The van der Waals surface area contributed by atoms with Crippen molar-refractivity contribution in [2.24, 2.45) is 5.73 Å². The Hall–Kier alpha value is -1.89. The molecule has 1 aliphatic heterocycles. The lowest BCUT2D eigenvalue weighted by atomic mass is 10.0. The van der Waals surface area contributed by atoms with Crippen LogP contribution in [0, 0.1) is 0 Å². The van der Waals surface area contributed by atoms with Crippen LogP contribution in [0.2, 0.25) is 0 Å². The number of hydrogen-bond donors (Lipinski definition) is 2. The zero-order valence-electron chi connectivity index (χ0n) is 15.8. The second-order valence-corrected chi connectivity index (χ2v) is 7.95. The van der Waals surface area contributed by atoms with Gasteiger partial charge < -0.3 is 16.0 Å². The predicted octanol–water partition coefficient (Wildman–Crippen LogP) is 3.85. The Morgan fingerprint density at radius 3 is 2.54 bits per heavy atom. The van der Waals surface area contributed by atoms with Gasteiger partial charge in [-0.25, -0.2) is 0 Å². The van der Waals surface area contributed by atoms with E-state index >= 15 is 0 Å². The van der Waals surface area contributed by atoms with Gasteiger partial charge in [-0.3, -0.25) is 0 Å². The van der Waals surface area contributed by atoms with Gasteiger partial charge in [0.15, 0.2) is 0 Å². The average Bonchev–Trinajstić information content (AvgIpc) is 3.33. The summed E-state index contributed by atoms with van der Waals surface area (Å²) in [6.45, 7) is 4.09. The van der Waals surface area contributed by atoms with Crippen LogP contribution < -0.4 is 11.1 Å². The molecule has 28 heavy (non-hydrogen) atoms. The van der Waals surface area contributed by atoms with Gasteiger partial charge in [0.05, 0.1) is 5.56 Å². The summed E-state index contributed by atoms with van der Waals surface area (Å²) in [5.41, 5.74) is 7.97. The van der Waals surface area contributed by atoms with Gasteiger partial charge in [0, 0.05) is 37.6 Å². The fourth-order valence-corrected chi connectivity index (χ4v) is 4.06. The summed E-state index contributed by atoms with van der Waals surface area (Å²) in [5.74, 6) is 0.497. The van der Waals surface area contributed by atoms with E-state index in [1.165, 1.54) is 17.7 Å². The minimum atomic E-state index is -4.32. The third kappa shape index (κ3) is 4.57. The topological polar surface area (TPSA) is 41.3 Å². The van der Waals surface area contributed by atoms with Crippen LogP contribution in [0.5, 0.6) is 0 Å².